The number of carbonyl (C=O) groups excluding carboxylic acids is 1. The van der Waals surface area contributed by atoms with E-state index in [0.717, 1.165) is 36.6 Å². The zero-order valence-electron chi connectivity index (χ0n) is 12.6. The third kappa shape index (κ3) is 2.68. The number of anilines is 1. The molecule has 0 N–H and O–H groups in total. The summed E-state index contributed by atoms with van der Waals surface area (Å²) >= 11 is 0. The van der Waals surface area contributed by atoms with Crippen molar-refractivity contribution in [1.29, 1.82) is 0 Å². The van der Waals surface area contributed by atoms with Crippen LogP contribution in [0.3, 0.4) is 0 Å². The number of Topliss-reactive ketones (excluding diaryl/α,β-unsaturated/α-hetero) is 1. The van der Waals surface area contributed by atoms with Crippen molar-refractivity contribution in [2.45, 2.75) is 33.2 Å². The Hall–Kier alpha value is -2.16. The van der Waals surface area contributed by atoms with Gasteiger partial charge in [0.1, 0.15) is 5.82 Å². The van der Waals surface area contributed by atoms with Gasteiger partial charge in [-0.05, 0) is 36.6 Å². The van der Waals surface area contributed by atoms with E-state index in [1.807, 2.05) is 26.0 Å². The van der Waals surface area contributed by atoms with E-state index in [-0.39, 0.29) is 5.78 Å². The number of aryl methyl sites for hydroxylation is 1. The first-order valence-corrected chi connectivity index (χ1v) is 7.51. The van der Waals surface area contributed by atoms with Crippen LogP contribution in [-0.2, 0) is 13.0 Å². The van der Waals surface area contributed by atoms with Gasteiger partial charge < -0.3 is 4.90 Å². The second-order valence-electron chi connectivity index (χ2n) is 5.52. The van der Waals surface area contributed by atoms with Crippen molar-refractivity contribution in [2.75, 3.05) is 11.4 Å². The summed E-state index contributed by atoms with van der Waals surface area (Å²) in [5.41, 5.74) is 4.39. The second-order valence-corrected chi connectivity index (χ2v) is 5.52. The van der Waals surface area contributed by atoms with Gasteiger partial charge in [-0.3, -0.25) is 4.79 Å². The summed E-state index contributed by atoms with van der Waals surface area (Å²) in [7, 11) is 0. The summed E-state index contributed by atoms with van der Waals surface area (Å²) in [6.45, 7) is 5.68. The number of rotatable bonds is 3. The van der Waals surface area contributed by atoms with Crippen molar-refractivity contribution >= 4 is 11.6 Å². The van der Waals surface area contributed by atoms with Gasteiger partial charge in [-0.15, -0.1) is 0 Å². The van der Waals surface area contributed by atoms with Crippen LogP contribution >= 0.6 is 0 Å². The van der Waals surface area contributed by atoms with Crippen LogP contribution in [0.2, 0.25) is 0 Å². The van der Waals surface area contributed by atoms with Crippen LogP contribution in [-0.4, -0.2) is 17.3 Å². The predicted molar refractivity (Wildman–Crippen MR) is 84.8 cm³/mol. The maximum atomic E-state index is 11.8. The molecular weight excluding hydrogens is 260 g/mol. The van der Waals surface area contributed by atoms with Gasteiger partial charge >= 0.3 is 0 Å². The summed E-state index contributed by atoms with van der Waals surface area (Å²) in [5.74, 6) is 1.13. The number of hydrogen-bond acceptors (Lipinski definition) is 3. The summed E-state index contributed by atoms with van der Waals surface area (Å²) < 4.78 is 0. The highest BCUT2D eigenvalue weighted by molar-refractivity contribution is 5.97. The highest BCUT2D eigenvalue weighted by Crippen LogP contribution is 2.24. The topological polar surface area (TPSA) is 33.2 Å². The normalized spacial score (nSPS) is 13.9. The Morgan fingerprint density at radius 2 is 1.95 bits per heavy atom. The highest BCUT2D eigenvalue weighted by atomic mass is 16.1. The first kappa shape index (κ1) is 13.8. The molecule has 0 atom stereocenters. The first-order chi connectivity index (χ1) is 10.2. The van der Waals surface area contributed by atoms with E-state index < -0.39 is 0 Å². The van der Waals surface area contributed by atoms with Gasteiger partial charge in [0, 0.05) is 25.1 Å². The number of aromatic nitrogens is 1. The Morgan fingerprint density at radius 3 is 2.67 bits per heavy atom. The van der Waals surface area contributed by atoms with E-state index >= 15 is 0 Å². The van der Waals surface area contributed by atoms with Crippen molar-refractivity contribution in [1.82, 2.24) is 4.98 Å². The smallest absolute Gasteiger partial charge is 0.164 e. The zero-order chi connectivity index (χ0) is 14.8. The Kier molecular flexibility index (Phi) is 3.74. The summed E-state index contributed by atoms with van der Waals surface area (Å²) in [5, 5.41) is 0. The molecule has 1 aromatic heterocycles. The third-order valence-electron chi connectivity index (χ3n) is 4.15. The van der Waals surface area contributed by atoms with Crippen LogP contribution in [0.4, 0.5) is 5.82 Å². The summed E-state index contributed by atoms with van der Waals surface area (Å²) in [6, 6.07) is 12.5. The largest absolute Gasteiger partial charge is 0.352 e. The molecule has 0 aliphatic carbocycles. The molecule has 108 valence electrons. The first-order valence-electron chi connectivity index (χ1n) is 7.51. The van der Waals surface area contributed by atoms with Crippen molar-refractivity contribution < 1.29 is 4.79 Å². The van der Waals surface area contributed by atoms with E-state index in [4.69, 9.17) is 0 Å². The number of benzene rings is 1. The molecule has 1 aliphatic heterocycles. The van der Waals surface area contributed by atoms with Gasteiger partial charge in [-0.1, -0.05) is 31.2 Å². The lowest BCUT2D eigenvalue weighted by Crippen LogP contribution is -2.31. The molecule has 1 aliphatic rings. The van der Waals surface area contributed by atoms with Gasteiger partial charge in [0.15, 0.2) is 5.78 Å². The van der Waals surface area contributed by atoms with Crippen LogP contribution < -0.4 is 4.90 Å². The Bertz CT molecular complexity index is 679. The Morgan fingerprint density at radius 1 is 1.19 bits per heavy atom. The van der Waals surface area contributed by atoms with Crippen molar-refractivity contribution in [3.05, 3.63) is 58.8 Å². The van der Waals surface area contributed by atoms with Crippen LogP contribution in [0.5, 0.6) is 0 Å². The molecule has 3 rings (SSSR count). The lowest BCUT2D eigenvalue weighted by molar-refractivity contribution is 0.0987. The van der Waals surface area contributed by atoms with E-state index in [0.29, 0.717) is 6.42 Å². The van der Waals surface area contributed by atoms with Crippen LogP contribution in [0.1, 0.15) is 40.5 Å². The standard InChI is InChI=1S/C18H20N2O/c1-3-17(21)16-8-9-18(19-13(16)2)20-11-10-14-6-4-5-7-15(14)12-20/h4-9H,3,10-12H2,1-2H3. The third-order valence-corrected chi connectivity index (χ3v) is 4.15. The number of pyridine rings is 1. The van der Waals surface area contributed by atoms with Crippen LogP contribution in [0, 0.1) is 6.92 Å². The average Bonchev–Trinajstić information content (AvgIpc) is 2.53. The molecule has 3 nitrogen and oxygen atoms in total. The minimum Gasteiger partial charge on any atom is -0.352 e. The van der Waals surface area contributed by atoms with Gasteiger partial charge in [0.2, 0.25) is 0 Å². The number of fused-ring (bicyclic) bond motifs is 1. The molecule has 0 amide bonds. The fraction of sp³-hybridized carbons (Fsp3) is 0.333. The fourth-order valence-electron chi connectivity index (χ4n) is 2.90. The van der Waals surface area contributed by atoms with Crippen LogP contribution in [0.15, 0.2) is 36.4 Å². The van der Waals surface area contributed by atoms with Gasteiger partial charge in [-0.2, -0.15) is 0 Å². The van der Waals surface area contributed by atoms with E-state index in [9.17, 15) is 4.79 Å². The Balaban J connectivity index is 1.86. The molecular formula is C18H20N2O. The minimum absolute atomic E-state index is 0.163. The summed E-state index contributed by atoms with van der Waals surface area (Å²) in [6.07, 6.45) is 1.57. The van der Waals surface area contributed by atoms with E-state index in [1.54, 1.807) is 0 Å². The molecule has 0 radical (unpaired) electrons. The molecule has 1 aromatic carbocycles. The summed E-state index contributed by atoms with van der Waals surface area (Å²) in [4.78, 5) is 18.8. The zero-order valence-corrected chi connectivity index (χ0v) is 12.6. The quantitative estimate of drug-likeness (QED) is 0.806. The van der Waals surface area contributed by atoms with Gasteiger partial charge in [-0.25, -0.2) is 4.98 Å². The highest BCUT2D eigenvalue weighted by Gasteiger charge is 2.18. The minimum atomic E-state index is 0.163. The number of nitrogens with zero attached hydrogens (tertiary/aromatic N) is 2. The molecule has 2 heterocycles. The number of carbonyl (C=O) groups is 1. The lowest BCUT2D eigenvalue weighted by Gasteiger charge is -2.30. The second kappa shape index (κ2) is 5.68. The van der Waals surface area contributed by atoms with Crippen molar-refractivity contribution in [2.24, 2.45) is 0 Å². The predicted octanol–water partition coefficient (Wildman–Crippen LogP) is 3.55. The van der Waals surface area contributed by atoms with Crippen LogP contribution in [0.25, 0.3) is 0 Å². The molecule has 3 heteroatoms. The monoisotopic (exact) mass is 280 g/mol. The lowest BCUT2D eigenvalue weighted by atomic mass is 10.00. The molecule has 0 saturated carbocycles. The SMILES string of the molecule is CCC(=O)c1ccc(N2CCc3ccccc3C2)nc1C. The average molecular weight is 280 g/mol. The maximum Gasteiger partial charge on any atom is 0.164 e. The molecule has 0 bridgehead atoms. The molecule has 21 heavy (non-hydrogen) atoms. The molecule has 0 saturated heterocycles. The van der Waals surface area contributed by atoms with Crippen molar-refractivity contribution in [3.8, 4) is 0 Å². The number of hydrogen-bond donors (Lipinski definition) is 0. The molecule has 0 fully saturated rings. The molecule has 0 spiro atoms. The fourth-order valence-corrected chi connectivity index (χ4v) is 2.90. The van der Waals surface area contributed by atoms with E-state index in [1.165, 1.54) is 11.1 Å². The van der Waals surface area contributed by atoms with Crippen molar-refractivity contribution in [3.63, 3.8) is 0 Å². The van der Waals surface area contributed by atoms with Gasteiger partial charge in [0.25, 0.3) is 0 Å². The number of ketones is 1. The van der Waals surface area contributed by atoms with E-state index in [2.05, 4.69) is 34.1 Å². The maximum absolute atomic E-state index is 11.8. The molecule has 0 unspecified atom stereocenters. The Labute approximate surface area is 125 Å². The van der Waals surface area contributed by atoms with Gasteiger partial charge in [0.05, 0.1) is 5.69 Å². The molecule has 2 aromatic rings.